The molecule has 0 heterocycles. The van der Waals surface area contributed by atoms with Crippen molar-refractivity contribution >= 4 is 43.6 Å². The van der Waals surface area contributed by atoms with E-state index in [0.717, 1.165) is 0 Å². The van der Waals surface area contributed by atoms with Crippen molar-refractivity contribution in [1.29, 1.82) is 0 Å². The molecule has 0 saturated carbocycles. The fourth-order valence-corrected chi connectivity index (χ4v) is 6.69. The molecule has 0 atom stereocenters. The third-order valence-corrected chi connectivity index (χ3v) is 7.96. The van der Waals surface area contributed by atoms with Crippen LogP contribution in [0.25, 0.3) is 10.8 Å². The molecule has 2 heteroatoms. The molecule has 2 rings (SSSR count). The van der Waals surface area contributed by atoms with Crippen LogP contribution in [-0.4, -0.2) is 29.2 Å². The third kappa shape index (κ3) is 4.90. The van der Waals surface area contributed by atoms with Gasteiger partial charge in [0.15, 0.2) is 0 Å². The SMILES string of the molecule is C[C](C)(C)[Sn][c]1cccc2cccc(C#C[Si](C)(C)C)c12. The second-order valence-electron chi connectivity index (χ2n) is 7.58. The fourth-order valence-electron chi connectivity index (χ4n) is 2.21. The third-order valence-electron chi connectivity index (χ3n) is 2.99. The van der Waals surface area contributed by atoms with Crippen molar-refractivity contribution in [3.8, 4) is 11.5 Å². The number of hydrogen-bond donors (Lipinski definition) is 0. The van der Waals surface area contributed by atoms with Gasteiger partial charge >= 0.3 is 141 Å². The molecule has 0 N–H and O–H groups in total. The first kappa shape index (κ1) is 16.6. The Kier molecular flexibility index (Phi) is 4.90. The van der Waals surface area contributed by atoms with Crippen LogP contribution in [0.15, 0.2) is 36.4 Å². The number of benzene rings is 2. The molecule has 0 spiro atoms. The summed E-state index contributed by atoms with van der Waals surface area (Å²) in [5.41, 5.74) is 4.76. The second-order valence-corrected chi connectivity index (χ2v) is 18.9. The summed E-state index contributed by atoms with van der Waals surface area (Å²) in [7, 11) is -1.34. The standard InChI is InChI=1S/C15H15Si.C4H9.Sn/c1-16(2,3)12-11-14-9-6-8-13-7-4-5-10-15(13)14;1-4(2)3;/h4-9H,1-3H3;1-3H3;. The molecule has 2 aromatic rings. The molecule has 0 fully saturated rings. The minimum atomic E-state index is -1.34. The van der Waals surface area contributed by atoms with E-state index < -0.39 is 29.2 Å². The van der Waals surface area contributed by atoms with Crippen LogP contribution in [0.3, 0.4) is 0 Å². The van der Waals surface area contributed by atoms with E-state index in [2.05, 4.69) is 88.3 Å². The monoisotopic (exact) mass is 400 g/mol. The first-order chi connectivity index (χ1) is 9.66. The summed E-state index contributed by atoms with van der Waals surface area (Å²) in [5, 5.41) is 2.77. The summed E-state index contributed by atoms with van der Waals surface area (Å²) >= 11 is -0.638. The van der Waals surface area contributed by atoms with Gasteiger partial charge in [0.2, 0.25) is 0 Å². The van der Waals surface area contributed by atoms with Gasteiger partial charge in [-0.3, -0.25) is 0 Å². The molecule has 0 saturated heterocycles. The van der Waals surface area contributed by atoms with E-state index in [1.807, 2.05) is 0 Å². The Labute approximate surface area is 140 Å². The van der Waals surface area contributed by atoms with Gasteiger partial charge < -0.3 is 0 Å². The molecule has 21 heavy (non-hydrogen) atoms. The van der Waals surface area contributed by atoms with E-state index in [9.17, 15) is 0 Å². The van der Waals surface area contributed by atoms with Gasteiger partial charge in [-0.15, -0.1) is 0 Å². The summed E-state index contributed by atoms with van der Waals surface area (Å²) in [6.45, 7) is 14.0. The average Bonchev–Trinajstić information content (AvgIpc) is 2.33. The first-order valence-corrected chi connectivity index (χ1v) is 13.8. The van der Waals surface area contributed by atoms with Crippen molar-refractivity contribution in [2.45, 2.75) is 43.8 Å². The Morgan fingerprint density at radius 1 is 0.952 bits per heavy atom. The maximum absolute atomic E-state index is 3.53. The molecule has 0 unspecified atom stereocenters. The molecule has 0 aliphatic heterocycles. The maximum atomic E-state index is 3.53. The van der Waals surface area contributed by atoms with Crippen molar-refractivity contribution in [3.63, 3.8) is 0 Å². The molecule has 0 aliphatic rings. The topological polar surface area (TPSA) is 0 Å². The van der Waals surface area contributed by atoms with Gasteiger partial charge in [0.05, 0.1) is 0 Å². The Bertz CT molecular complexity index is 701. The van der Waals surface area contributed by atoms with Crippen molar-refractivity contribution < 1.29 is 0 Å². The van der Waals surface area contributed by atoms with Crippen molar-refractivity contribution in [3.05, 3.63) is 42.0 Å². The quantitative estimate of drug-likeness (QED) is 0.485. The van der Waals surface area contributed by atoms with Crippen molar-refractivity contribution in [2.24, 2.45) is 0 Å². The van der Waals surface area contributed by atoms with Gasteiger partial charge in [0, 0.05) is 0 Å². The number of hydrogen-bond acceptors (Lipinski definition) is 0. The molecule has 2 radical (unpaired) electrons. The average molecular weight is 399 g/mol. The van der Waals surface area contributed by atoms with E-state index in [1.54, 1.807) is 3.58 Å². The van der Waals surface area contributed by atoms with E-state index in [0.29, 0.717) is 3.43 Å². The van der Waals surface area contributed by atoms with Crippen LogP contribution >= 0.6 is 0 Å². The summed E-state index contributed by atoms with van der Waals surface area (Å²) in [5.74, 6) is 3.49. The normalized spacial score (nSPS) is 12.1. The van der Waals surface area contributed by atoms with E-state index >= 15 is 0 Å². The summed E-state index contributed by atoms with van der Waals surface area (Å²) in [4.78, 5) is 0. The van der Waals surface area contributed by atoms with Crippen LogP contribution in [0, 0.1) is 11.5 Å². The first-order valence-electron chi connectivity index (χ1n) is 7.49. The van der Waals surface area contributed by atoms with Crippen LogP contribution in [0.1, 0.15) is 26.3 Å². The zero-order valence-electron chi connectivity index (χ0n) is 14.0. The molecule has 0 amide bonds. The second kappa shape index (κ2) is 6.18. The fraction of sp³-hybridized carbons (Fsp3) is 0.368. The van der Waals surface area contributed by atoms with Gasteiger partial charge in [-0.1, -0.05) is 0 Å². The van der Waals surface area contributed by atoms with Gasteiger partial charge in [0.25, 0.3) is 0 Å². The molecule has 2 aromatic carbocycles. The molecule has 0 aromatic heterocycles. The summed E-state index contributed by atoms with van der Waals surface area (Å²) < 4.78 is 2.04. The Hall–Kier alpha value is -0.724. The van der Waals surface area contributed by atoms with E-state index in [4.69, 9.17) is 0 Å². The summed E-state index contributed by atoms with van der Waals surface area (Å²) in [6.07, 6.45) is 0. The molecule has 0 nitrogen and oxygen atoms in total. The minimum absolute atomic E-state index is 0.455. The van der Waals surface area contributed by atoms with Gasteiger partial charge in [-0.05, 0) is 0 Å². The predicted molar refractivity (Wildman–Crippen MR) is 99.3 cm³/mol. The van der Waals surface area contributed by atoms with Crippen LogP contribution in [0.2, 0.25) is 23.1 Å². The molecular formula is C19H24SiSn. The van der Waals surface area contributed by atoms with Gasteiger partial charge in [0.1, 0.15) is 0 Å². The van der Waals surface area contributed by atoms with Gasteiger partial charge in [-0.25, -0.2) is 0 Å². The van der Waals surface area contributed by atoms with Crippen LogP contribution < -0.4 is 3.58 Å². The van der Waals surface area contributed by atoms with E-state index in [1.165, 1.54) is 16.3 Å². The Balaban J connectivity index is 2.63. The number of fused-ring (bicyclic) bond motifs is 1. The molecule has 108 valence electrons. The van der Waals surface area contributed by atoms with Gasteiger partial charge in [-0.2, -0.15) is 0 Å². The van der Waals surface area contributed by atoms with Crippen molar-refractivity contribution in [1.82, 2.24) is 0 Å². The number of rotatable bonds is 1. The molecule has 0 aliphatic carbocycles. The van der Waals surface area contributed by atoms with Crippen molar-refractivity contribution in [2.75, 3.05) is 0 Å². The molecule has 0 bridgehead atoms. The summed E-state index contributed by atoms with van der Waals surface area (Å²) in [6, 6.07) is 13.3. The Morgan fingerprint density at radius 3 is 2.14 bits per heavy atom. The molecular weight excluding hydrogens is 375 g/mol. The van der Waals surface area contributed by atoms with Crippen LogP contribution in [0.4, 0.5) is 0 Å². The predicted octanol–water partition coefficient (Wildman–Crippen LogP) is 4.62. The Morgan fingerprint density at radius 2 is 1.57 bits per heavy atom. The van der Waals surface area contributed by atoms with Crippen LogP contribution in [-0.2, 0) is 0 Å². The zero-order chi connectivity index (χ0) is 15.7. The van der Waals surface area contributed by atoms with Crippen LogP contribution in [0.5, 0.6) is 0 Å². The zero-order valence-corrected chi connectivity index (χ0v) is 17.8. The van der Waals surface area contributed by atoms with E-state index in [-0.39, 0.29) is 0 Å².